The van der Waals surface area contributed by atoms with E-state index in [-0.39, 0.29) is 5.24 Å². The van der Waals surface area contributed by atoms with Crippen LogP contribution in [0.5, 0.6) is 5.75 Å². The van der Waals surface area contributed by atoms with Crippen LogP contribution in [0.3, 0.4) is 0 Å². The van der Waals surface area contributed by atoms with Crippen LogP contribution in [0.25, 0.3) is 0 Å². The molecule has 0 bridgehead atoms. The molecule has 3 nitrogen and oxygen atoms in total. The van der Waals surface area contributed by atoms with Crippen molar-refractivity contribution in [3.63, 3.8) is 0 Å². The fraction of sp³-hybridized carbons (Fsp3) is 0.222. The first kappa shape index (κ1) is 9.92. The first-order chi connectivity index (χ1) is 6.22. The topological polar surface area (TPSA) is 38.3 Å². The molecule has 0 radical (unpaired) electrons. The van der Waals surface area contributed by atoms with Gasteiger partial charge in [0.05, 0.1) is 6.61 Å². The van der Waals surface area contributed by atoms with Crippen LogP contribution in [-0.4, -0.2) is 11.8 Å². The molecule has 0 saturated carbocycles. The SMILES string of the molecule is CCOc1ccc(NC(=O)S)cc1. The van der Waals surface area contributed by atoms with E-state index in [0.29, 0.717) is 12.3 Å². The Morgan fingerprint density at radius 2 is 2.08 bits per heavy atom. The second-order valence-electron chi connectivity index (χ2n) is 2.39. The van der Waals surface area contributed by atoms with Crippen molar-refractivity contribution in [2.45, 2.75) is 6.92 Å². The first-order valence-corrected chi connectivity index (χ1v) is 4.40. The molecule has 0 aliphatic carbocycles. The minimum absolute atomic E-state index is 0.371. The highest BCUT2D eigenvalue weighted by atomic mass is 32.1. The van der Waals surface area contributed by atoms with Gasteiger partial charge in [-0.3, -0.25) is 4.79 Å². The highest BCUT2D eigenvalue weighted by molar-refractivity contribution is 7.96. The lowest BCUT2D eigenvalue weighted by molar-refractivity contribution is 0.270. The quantitative estimate of drug-likeness (QED) is 0.731. The molecule has 0 aliphatic rings. The standard InChI is InChI=1S/C9H11NO2S/c1-2-12-8-5-3-7(4-6-8)10-9(11)13/h3-6H,2H2,1H3,(H2,10,11,13). The van der Waals surface area contributed by atoms with Crippen LogP contribution in [0, 0.1) is 0 Å². The Hall–Kier alpha value is -1.16. The lowest BCUT2D eigenvalue weighted by Crippen LogP contribution is -2.00. The molecule has 0 heterocycles. The van der Waals surface area contributed by atoms with Gasteiger partial charge in [-0.05, 0) is 31.2 Å². The van der Waals surface area contributed by atoms with Crippen molar-refractivity contribution in [3.8, 4) is 5.75 Å². The third-order valence-electron chi connectivity index (χ3n) is 1.42. The summed E-state index contributed by atoms with van der Waals surface area (Å²) in [5.74, 6) is 0.791. The van der Waals surface area contributed by atoms with Crippen molar-refractivity contribution in [2.24, 2.45) is 0 Å². The molecule has 0 saturated heterocycles. The van der Waals surface area contributed by atoms with E-state index >= 15 is 0 Å². The minimum atomic E-state index is -0.371. The van der Waals surface area contributed by atoms with Crippen molar-refractivity contribution in [1.82, 2.24) is 0 Å². The summed E-state index contributed by atoms with van der Waals surface area (Å²) in [6.45, 7) is 2.56. The third kappa shape index (κ3) is 3.38. The van der Waals surface area contributed by atoms with Crippen LogP contribution < -0.4 is 10.1 Å². The summed E-state index contributed by atoms with van der Waals surface area (Å²) >= 11 is 3.60. The van der Waals surface area contributed by atoms with E-state index in [1.165, 1.54) is 0 Å². The summed E-state index contributed by atoms with van der Waals surface area (Å²) in [7, 11) is 0. The number of amides is 1. The second kappa shape index (κ2) is 4.77. The van der Waals surface area contributed by atoms with Gasteiger partial charge in [-0.2, -0.15) is 0 Å². The number of carbonyl (C=O) groups is 1. The summed E-state index contributed by atoms with van der Waals surface area (Å²) in [4.78, 5) is 10.5. The number of benzene rings is 1. The van der Waals surface area contributed by atoms with Crippen LogP contribution >= 0.6 is 12.6 Å². The van der Waals surface area contributed by atoms with E-state index in [0.717, 1.165) is 5.75 Å². The number of carbonyl (C=O) groups excluding carboxylic acids is 1. The molecule has 0 aromatic heterocycles. The van der Waals surface area contributed by atoms with E-state index in [9.17, 15) is 4.79 Å². The van der Waals surface area contributed by atoms with Gasteiger partial charge in [-0.15, -0.1) is 0 Å². The smallest absolute Gasteiger partial charge is 0.280 e. The summed E-state index contributed by atoms with van der Waals surface area (Å²) in [5.41, 5.74) is 0.712. The summed E-state index contributed by atoms with van der Waals surface area (Å²) in [6.07, 6.45) is 0. The number of hydrogen-bond acceptors (Lipinski definition) is 2. The predicted molar refractivity (Wildman–Crippen MR) is 55.6 cm³/mol. The average Bonchev–Trinajstić information content (AvgIpc) is 2.08. The molecule has 1 aromatic carbocycles. The Morgan fingerprint density at radius 1 is 1.46 bits per heavy atom. The van der Waals surface area contributed by atoms with Gasteiger partial charge in [0.15, 0.2) is 0 Å². The van der Waals surface area contributed by atoms with E-state index in [2.05, 4.69) is 17.9 Å². The number of ether oxygens (including phenoxy) is 1. The van der Waals surface area contributed by atoms with Gasteiger partial charge in [0.1, 0.15) is 5.75 Å². The zero-order valence-corrected chi connectivity index (χ0v) is 8.17. The van der Waals surface area contributed by atoms with Gasteiger partial charge >= 0.3 is 0 Å². The van der Waals surface area contributed by atoms with E-state index in [4.69, 9.17) is 4.74 Å². The molecule has 13 heavy (non-hydrogen) atoms. The lowest BCUT2D eigenvalue weighted by atomic mass is 10.3. The molecule has 0 fully saturated rings. The fourth-order valence-corrected chi connectivity index (χ4v) is 1.05. The minimum Gasteiger partial charge on any atom is -0.494 e. The maximum absolute atomic E-state index is 10.5. The zero-order valence-electron chi connectivity index (χ0n) is 7.28. The number of nitrogens with one attached hydrogen (secondary N) is 1. The predicted octanol–water partition coefficient (Wildman–Crippen LogP) is 2.55. The molecule has 0 atom stereocenters. The summed E-state index contributed by atoms with van der Waals surface area (Å²) in [5, 5.41) is 2.17. The largest absolute Gasteiger partial charge is 0.494 e. The summed E-state index contributed by atoms with van der Waals surface area (Å²) < 4.78 is 5.23. The lowest BCUT2D eigenvalue weighted by Gasteiger charge is -2.04. The highest BCUT2D eigenvalue weighted by Crippen LogP contribution is 2.15. The molecule has 0 spiro atoms. The van der Waals surface area contributed by atoms with Gasteiger partial charge in [-0.1, -0.05) is 12.6 Å². The molecule has 0 aliphatic heterocycles. The Kier molecular flexibility index (Phi) is 3.64. The fourth-order valence-electron chi connectivity index (χ4n) is 0.925. The summed E-state index contributed by atoms with van der Waals surface area (Å²) in [6, 6.07) is 7.11. The molecule has 0 unspecified atom stereocenters. The normalized spacial score (nSPS) is 9.38. The Labute approximate surface area is 82.5 Å². The number of thiol groups is 1. The monoisotopic (exact) mass is 197 g/mol. The molecule has 1 rings (SSSR count). The second-order valence-corrected chi connectivity index (χ2v) is 2.79. The molecule has 1 amide bonds. The maximum Gasteiger partial charge on any atom is 0.280 e. The van der Waals surface area contributed by atoms with Crippen molar-refractivity contribution in [2.75, 3.05) is 11.9 Å². The van der Waals surface area contributed by atoms with Gasteiger partial charge in [0.25, 0.3) is 5.24 Å². The van der Waals surface area contributed by atoms with Crippen LogP contribution in [0.1, 0.15) is 6.92 Å². The van der Waals surface area contributed by atoms with Gasteiger partial charge in [-0.25, -0.2) is 0 Å². The van der Waals surface area contributed by atoms with E-state index in [1.807, 2.05) is 6.92 Å². The highest BCUT2D eigenvalue weighted by Gasteiger charge is 1.96. The molecular weight excluding hydrogens is 186 g/mol. The van der Waals surface area contributed by atoms with Crippen LogP contribution in [-0.2, 0) is 0 Å². The van der Waals surface area contributed by atoms with Gasteiger partial charge < -0.3 is 10.1 Å². The van der Waals surface area contributed by atoms with Crippen molar-refractivity contribution in [1.29, 1.82) is 0 Å². The van der Waals surface area contributed by atoms with E-state index in [1.54, 1.807) is 24.3 Å². The first-order valence-electron chi connectivity index (χ1n) is 3.95. The Morgan fingerprint density at radius 3 is 2.54 bits per heavy atom. The third-order valence-corrected chi connectivity index (χ3v) is 1.53. The van der Waals surface area contributed by atoms with Crippen LogP contribution in [0.4, 0.5) is 10.5 Å². The molecule has 1 N–H and O–H groups in total. The molecule has 1 aromatic rings. The van der Waals surface area contributed by atoms with E-state index < -0.39 is 0 Å². The van der Waals surface area contributed by atoms with Crippen molar-refractivity contribution >= 4 is 23.6 Å². The number of rotatable bonds is 3. The molecule has 70 valence electrons. The zero-order chi connectivity index (χ0) is 9.68. The maximum atomic E-state index is 10.5. The Bertz CT molecular complexity index is 284. The van der Waals surface area contributed by atoms with Gasteiger partial charge in [0, 0.05) is 5.69 Å². The Balaban J connectivity index is 2.64. The number of hydrogen-bond donors (Lipinski definition) is 2. The van der Waals surface area contributed by atoms with Crippen molar-refractivity contribution in [3.05, 3.63) is 24.3 Å². The molecular formula is C9H11NO2S. The molecule has 4 heteroatoms. The van der Waals surface area contributed by atoms with Crippen LogP contribution in [0.15, 0.2) is 24.3 Å². The average molecular weight is 197 g/mol. The number of anilines is 1. The van der Waals surface area contributed by atoms with Crippen molar-refractivity contribution < 1.29 is 9.53 Å². The van der Waals surface area contributed by atoms with Gasteiger partial charge in [0.2, 0.25) is 0 Å². The van der Waals surface area contributed by atoms with Crippen LogP contribution in [0.2, 0.25) is 0 Å².